The molecule has 0 amide bonds. The van der Waals surface area contributed by atoms with Crippen molar-refractivity contribution in [2.24, 2.45) is 0 Å². The van der Waals surface area contributed by atoms with E-state index in [1.165, 1.54) is 50.1 Å². The summed E-state index contributed by atoms with van der Waals surface area (Å²) in [6.07, 6.45) is 1.57. The van der Waals surface area contributed by atoms with Gasteiger partial charge in [-0.15, -0.1) is 0 Å². The van der Waals surface area contributed by atoms with Crippen molar-refractivity contribution in [2.75, 3.05) is 0 Å². The molecule has 0 radical (unpaired) electrons. The van der Waals surface area contributed by atoms with Gasteiger partial charge in [-0.05, 0) is 68.1 Å². The van der Waals surface area contributed by atoms with Crippen molar-refractivity contribution in [3.63, 3.8) is 0 Å². The van der Waals surface area contributed by atoms with Crippen LogP contribution in [0.4, 0.5) is 0 Å². The fourth-order valence-corrected chi connectivity index (χ4v) is 6.12. The molecule has 0 saturated heterocycles. The second-order valence-electron chi connectivity index (χ2n) is 10.4. The highest BCUT2D eigenvalue weighted by Gasteiger charge is 2.38. The average Bonchev–Trinajstić information content (AvgIpc) is 2.93. The van der Waals surface area contributed by atoms with Gasteiger partial charge in [0.1, 0.15) is 29.4 Å². The minimum atomic E-state index is -0.155. The number of ether oxygens (including phenoxy) is 2. The molecule has 4 aromatic carbocycles. The van der Waals surface area contributed by atoms with Crippen LogP contribution in [0.25, 0.3) is 44.6 Å². The van der Waals surface area contributed by atoms with Crippen molar-refractivity contribution in [1.29, 1.82) is 0 Å². The summed E-state index contributed by atoms with van der Waals surface area (Å²) in [6, 6.07) is 30.1. The van der Waals surface area contributed by atoms with Crippen LogP contribution in [-0.4, -0.2) is 4.98 Å². The van der Waals surface area contributed by atoms with Gasteiger partial charge in [0, 0.05) is 34.0 Å². The highest BCUT2D eigenvalue weighted by molar-refractivity contribution is 6.03. The third-order valence-electron chi connectivity index (χ3n) is 7.84. The SMILES string of the molecule is Cc1ccc(-c2c(-c3ccc(C)cc3)c3c(c4c2[C@@H](C)Oc2ccccc2-4)-c2ncccc2O[C@@H]3C)cc1. The number of benzene rings is 4. The van der Waals surface area contributed by atoms with E-state index in [-0.39, 0.29) is 12.2 Å². The van der Waals surface area contributed by atoms with Gasteiger partial charge < -0.3 is 9.47 Å². The molecule has 0 bridgehead atoms. The van der Waals surface area contributed by atoms with E-state index in [2.05, 4.69) is 94.4 Å². The molecule has 0 aliphatic carbocycles. The molecule has 2 aliphatic heterocycles. The van der Waals surface area contributed by atoms with Crippen molar-refractivity contribution in [1.82, 2.24) is 4.98 Å². The number of nitrogens with zero attached hydrogens (tertiary/aromatic N) is 1. The lowest BCUT2D eigenvalue weighted by Crippen LogP contribution is -2.20. The molecule has 186 valence electrons. The van der Waals surface area contributed by atoms with Crippen LogP contribution in [0.1, 0.15) is 48.3 Å². The summed E-state index contributed by atoms with van der Waals surface area (Å²) in [5.74, 6) is 1.73. The number of pyridine rings is 1. The Kier molecular flexibility index (Phi) is 5.16. The predicted molar refractivity (Wildman–Crippen MR) is 154 cm³/mol. The molecule has 0 unspecified atom stereocenters. The van der Waals surface area contributed by atoms with Crippen molar-refractivity contribution in [3.05, 3.63) is 113 Å². The third kappa shape index (κ3) is 3.39. The number of hydrogen-bond donors (Lipinski definition) is 0. The average molecular weight is 496 g/mol. The van der Waals surface area contributed by atoms with Crippen LogP contribution in [0.15, 0.2) is 91.1 Å². The van der Waals surface area contributed by atoms with Crippen LogP contribution in [0.2, 0.25) is 0 Å². The van der Waals surface area contributed by atoms with Crippen molar-refractivity contribution < 1.29 is 9.47 Å². The summed E-state index contributed by atoms with van der Waals surface area (Å²) in [4.78, 5) is 4.90. The van der Waals surface area contributed by atoms with Gasteiger partial charge in [0.25, 0.3) is 0 Å². The van der Waals surface area contributed by atoms with Crippen LogP contribution >= 0.6 is 0 Å². The van der Waals surface area contributed by atoms with E-state index in [0.717, 1.165) is 28.3 Å². The molecule has 0 spiro atoms. The van der Waals surface area contributed by atoms with Crippen LogP contribution in [-0.2, 0) is 0 Å². The van der Waals surface area contributed by atoms with Crippen molar-refractivity contribution in [3.8, 4) is 56.1 Å². The van der Waals surface area contributed by atoms with Gasteiger partial charge in [0.2, 0.25) is 0 Å². The summed E-state index contributed by atoms with van der Waals surface area (Å²) in [5, 5.41) is 0. The van der Waals surface area contributed by atoms with Gasteiger partial charge in [0.15, 0.2) is 0 Å². The zero-order chi connectivity index (χ0) is 26.0. The van der Waals surface area contributed by atoms with Gasteiger partial charge in [-0.3, -0.25) is 4.98 Å². The van der Waals surface area contributed by atoms with Crippen LogP contribution in [0.3, 0.4) is 0 Å². The summed E-state index contributed by atoms with van der Waals surface area (Å²) in [5.41, 5.74) is 14.0. The Labute approximate surface area is 223 Å². The topological polar surface area (TPSA) is 31.4 Å². The molecule has 3 nitrogen and oxygen atoms in total. The minimum absolute atomic E-state index is 0.143. The molecule has 0 fully saturated rings. The van der Waals surface area contributed by atoms with E-state index >= 15 is 0 Å². The fourth-order valence-electron chi connectivity index (χ4n) is 6.12. The molecule has 2 aliphatic rings. The highest BCUT2D eigenvalue weighted by Crippen LogP contribution is 2.58. The molecule has 3 heteroatoms. The smallest absolute Gasteiger partial charge is 0.146 e. The van der Waals surface area contributed by atoms with Crippen LogP contribution < -0.4 is 9.47 Å². The van der Waals surface area contributed by atoms with Gasteiger partial charge in [-0.25, -0.2) is 0 Å². The lowest BCUT2D eigenvalue weighted by molar-refractivity contribution is 0.218. The maximum Gasteiger partial charge on any atom is 0.146 e. The second kappa shape index (κ2) is 8.59. The highest BCUT2D eigenvalue weighted by atomic mass is 16.5. The van der Waals surface area contributed by atoms with E-state index < -0.39 is 0 Å². The summed E-state index contributed by atoms with van der Waals surface area (Å²) >= 11 is 0. The number of rotatable bonds is 2. The van der Waals surface area contributed by atoms with Crippen molar-refractivity contribution in [2.45, 2.75) is 39.9 Å². The Morgan fingerprint density at radius 1 is 0.553 bits per heavy atom. The van der Waals surface area contributed by atoms with E-state index in [9.17, 15) is 0 Å². The standard InChI is InChI=1S/C35H29NO2/c1-20-11-15-24(16-12-20)31-29-22(3)37-27-9-6-5-8-26(27)33(29)34-30(32(31)25-17-13-21(2)14-18-25)23(4)38-28-10-7-19-36-35(28)34/h5-19,22-23H,1-4H3/t22-,23-/m1/s1. The van der Waals surface area contributed by atoms with Crippen LogP contribution in [0, 0.1) is 13.8 Å². The number of hydrogen-bond acceptors (Lipinski definition) is 3. The zero-order valence-corrected chi connectivity index (χ0v) is 22.1. The Morgan fingerprint density at radius 2 is 1.08 bits per heavy atom. The molecular formula is C35H29NO2. The summed E-state index contributed by atoms with van der Waals surface area (Å²) in [7, 11) is 0. The quantitative estimate of drug-likeness (QED) is 0.244. The molecule has 5 aromatic rings. The number of fused-ring (bicyclic) bond motifs is 7. The molecule has 38 heavy (non-hydrogen) atoms. The molecule has 1 aromatic heterocycles. The Bertz CT molecular complexity index is 1570. The maximum atomic E-state index is 6.61. The molecule has 0 N–H and O–H groups in total. The van der Waals surface area contributed by atoms with E-state index in [1.807, 2.05) is 24.4 Å². The van der Waals surface area contributed by atoms with E-state index in [1.54, 1.807) is 0 Å². The molecule has 3 heterocycles. The first-order valence-corrected chi connectivity index (χ1v) is 13.3. The van der Waals surface area contributed by atoms with Crippen LogP contribution in [0.5, 0.6) is 11.5 Å². The normalized spacial score (nSPS) is 16.8. The molecule has 7 rings (SSSR count). The van der Waals surface area contributed by atoms with Gasteiger partial charge in [-0.1, -0.05) is 77.9 Å². The van der Waals surface area contributed by atoms with Crippen molar-refractivity contribution >= 4 is 0 Å². The lowest BCUT2D eigenvalue weighted by Gasteiger charge is -2.37. The monoisotopic (exact) mass is 495 g/mol. The first-order valence-electron chi connectivity index (χ1n) is 13.3. The number of aryl methyl sites for hydroxylation is 2. The summed E-state index contributed by atoms with van der Waals surface area (Å²) in [6.45, 7) is 8.59. The molecule has 0 saturated carbocycles. The fraction of sp³-hybridized carbons (Fsp3) is 0.171. The third-order valence-corrected chi connectivity index (χ3v) is 7.84. The van der Waals surface area contributed by atoms with Gasteiger partial charge >= 0.3 is 0 Å². The Balaban J connectivity index is 1.73. The van der Waals surface area contributed by atoms with Gasteiger partial charge in [-0.2, -0.15) is 0 Å². The molecule has 2 atom stereocenters. The Morgan fingerprint density at radius 3 is 1.71 bits per heavy atom. The van der Waals surface area contributed by atoms with E-state index in [4.69, 9.17) is 14.5 Å². The largest absolute Gasteiger partial charge is 0.485 e. The second-order valence-corrected chi connectivity index (χ2v) is 10.4. The summed E-state index contributed by atoms with van der Waals surface area (Å²) < 4.78 is 13.2. The van der Waals surface area contributed by atoms with E-state index in [0.29, 0.717) is 0 Å². The predicted octanol–water partition coefficient (Wildman–Crippen LogP) is 9.27. The van der Waals surface area contributed by atoms with Gasteiger partial charge in [0.05, 0.1) is 0 Å². The zero-order valence-electron chi connectivity index (χ0n) is 22.1. The number of para-hydroxylation sites is 1. The lowest BCUT2D eigenvalue weighted by atomic mass is 9.74. The first-order chi connectivity index (χ1) is 18.5. The maximum absolute atomic E-state index is 6.61. The molecular weight excluding hydrogens is 466 g/mol. The minimum Gasteiger partial charge on any atom is -0.485 e. The number of aromatic nitrogens is 1. The Hall–Kier alpha value is -4.37. The first kappa shape index (κ1) is 22.8.